The van der Waals surface area contributed by atoms with Gasteiger partial charge in [-0.15, -0.1) is 0 Å². The predicted molar refractivity (Wildman–Crippen MR) is 99.9 cm³/mol. The zero-order chi connectivity index (χ0) is 17.2. The monoisotopic (exact) mass is 354 g/mol. The third kappa shape index (κ3) is 6.99. The van der Waals surface area contributed by atoms with Crippen molar-refractivity contribution in [2.24, 2.45) is 0 Å². The minimum absolute atomic E-state index is 0.336. The van der Waals surface area contributed by atoms with Crippen molar-refractivity contribution in [2.45, 2.75) is 12.6 Å². The first-order chi connectivity index (χ1) is 11.7. The van der Waals surface area contributed by atoms with Crippen molar-refractivity contribution < 1.29 is 14.6 Å². The number of para-hydroxylation sites is 1. The number of methoxy groups -OCH3 is 1. The van der Waals surface area contributed by atoms with Crippen molar-refractivity contribution in [1.82, 2.24) is 9.80 Å². The number of ether oxygens (including phenoxy) is 2. The van der Waals surface area contributed by atoms with Crippen LogP contribution in [0.5, 0.6) is 5.75 Å². The van der Waals surface area contributed by atoms with Gasteiger partial charge < -0.3 is 14.6 Å². The summed E-state index contributed by atoms with van der Waals surface area (Å²) in [7, 11) is 3.78. The number of likely N-dealkylation sites (N-methyl/N-ethyl adjacent to an activating group) is 1. The van der Waals surface area contributed by atoms with Gasteiger partial charge in [0, 0.05) is 56.9 Å². The second kappa shape index (κ2) is 10.9. The van der Waals surface area contributed by atoms with E-state index in [1.807, 2.05) is 30.0 Å². The van der Waals surface area contributed by atoms with E-state index in [1.165, 1.54) is 0 Å². The van der Waals surface area contributed by atoms with Crippen LogP contribution in [0.1, 0.15) is 5.56 Å². The smallest absolute Gasteiger partial charge is 0.123 e. The van der Waals surface area contributed by atoms with Crippen molar-refractivity contribution >= 4 is 11.8 Å². The summed E-state index contributed by atoms with van der Waals surface area (Å²) in [5.41, 5.74) is 1.14. The highest BCUT2D eigenvalue weighted by atomic mass is 32.2. The highest BCUT2D eigenvalue weighted by Gasteiger charge is 2.16. The highest BCUT2D eigenvalue weighted by Crippen LogP contribution is 2.20. The van der Waals surface area contributed by atoms with Gasteiger partial charge in [-0.05, 0) is 13.1 Å². The maximum atomic E-state index is 10.3. The summed E-state index contributed by atoms with van der Waals surface area (Å²) in [6, 6.07) is 8.05. The van der Waals surface area contributed by atoms with Crippen molar-refractivity contribution in [2.75, 3.05) is 65.1 Å². The number of aliphatic hydroxyl groups excluding tert-OH is 1. The molecule has 5 nitrogen and oxygen atoms in total. The molecule has 1 fully saturated rings. The van der Waals surface area contributed by atoms with Crippen LogP contribution in [-0.4, -0.2) is 86.1 Å². The molecule has 1 atom stereocenters. The first-order valence-corrected chi connectivity index (χ1v) is 9.71. The molecule has 1 unspecified atom stereocenters. The molecule has 1 aromatic carbocycles. The molecule has 2 rings (SSSR count). The standard InChI is InChI=1S/C18H30N2O3S/c1-19(7-10-22-2)13-16-5-3-4-6-18(16)23-15-17(21)14-20-8-11-24-12-9-20/h3-6,17,21H,7-15H2,1-2H3. The van der Waals surface area contributed by atoms with Gasteiger partial charge in [0.25, 0.3) is 0 Å². The molecular weight excluding hydrogens is 324 g/mol. The lowest BCUT2D eigenvalue weighted by Crippen LogP contribution is -2.40. The van der Waals surface area contributed by atoms with Crippen molar-refractivity contribution in [1.29, 1.82) is 0 Å². The summed E-state index contributed by atoms with van der Waals surface area (Å²) in [6.45, 7) is 5.54. The van der Waals surface area contributed by atoms with Gasteiger partial charge in [0.05, 0.1) is 6.61 Å². The third-order valence-electron chi connectivity index (χ3n) is 4.09. The Bertz CT molecular complexity index is 469. The van der Waals surface area contributed by atoms with Gasteiger partial charge in [0.15, 0.2) is 0 Å². The van der Waals surface area contributed by atoms with Crippen LogP contribution in [0.15, 0.2) is 24.3 Å². The van der Waals surface area contributed by atoms with Gasteiger partial charge in [-0.25, -0.2) is 0 Å². The fraction of sp³-hybridized carbons (Fsp3) is 0.667. The molecule has 24 heavy (non-hydrogen) atoms. The lowest BCUT2D eigenvalue weighted by atomic mass is 10.2. The number of thioether (sulfide) groups is 1. The number of benzene rings is 1. The Morgan fingerprint density at radius 2 is 2.04 bits per heavy atom. The van der Waals surface area contributed by atoms with E-state index in [-0.39, 0.29) is 0 Å². The quantitative estimate of drug-likeness (QED) is 0.688. The highest BCUT2D eigenvalue weighted by molar-refractivity contribution is 7.99. The van der Waals surface area contributed by atoms with Gasteiger partial charge in [-0.2, -0.15) is 11.8 Å². The van der Waals surface area contributed by atoms with Gasteiger partial charge in [0.2, 0.25) is 0 Å². The Balaban J connectivity index is 1.80. The van der Waals surface area contributed by atoms with E-state index >= 15 is 0 Å². The fourth-order valence-electron chi connectivity index (χ4n) is 2.71. The molecule has 6 heteroatoms. The molecule has 0 amide bonds. The van der Waals surface area contributed by atoms with E-state index in [4.69, 9.17) is 9.47 Å². The summed E-state index contributed by atoms with van der Waals surface area (Å²) in [5.74, 6) is 3.17. The summed E-state index contributed by atoms with van der Waals surface area (Å²) in [5, 5.41) is 10.3. The molecule has 136 valence electrons. The topological polar surface area (TPSA) is 45.2 Å². The Labute approximate surface area is 149 Å². The van der Waals surface area contributed by atoms with E-state index in [0.29, 0.717) is 19.8 Å². The fourth-order valence-corrected chi connectivity index (χ4v) is 3.69. The minimum Gasteiger partial charge on any atom is -0.491 e. The van der Waals surface area contributed by atoms with Crippen LogP contribution in [0.2, 0.25) is 0 Å². The summed E-state index contributed by atoms with van der Waals surface area (Å²) in [4.78, 5) is 4.52. The second-order valence-electron chi connectivity index (χ2n) is 6.22. The largest absolute Gasteiger partial charge is 0.491 e. The lowest BCUT2D eigenvalue weighted by molar-refractivity contribution is 0.0708. The van der Waals surface area contributed by atoms with Crippen molar-refractivity contribution in [3.05, 3.63) is 29.8 Å². The summed E-state index contributed by atoms with van der Waals surface area (Å²) in [6.07, 6.45) is -0.452. The van der Waals surface area contributed by atoms with Gasteiger partial charge in [0.1, 0.15) is 18.5 Å². The molecule has 1 aromatic rings. The van der Waals surface area contributed by atoms with Crippen LogP contribution in [-0.2, 0) is 11.3 Å². The van der Waals surface area contributed by atoms with E-state index in [9.17, 15) is 5.11 Å². The van der Waals surface area contributed by atoms with Crippen molar-refractivity contribution in [3.63, 3.8) is 0 Å². The Morgan fingerprint density at radius 3 is 2.79 bits per heavy atom. The van der Waals surface area contributed by atoms with Crippen LogP contribution >= 0.6 is 11.8 Å². The number of hydrogen-bond donors (Lipinski definition) is 1. The Kier molecular flexibility index (Phi) is 8.91. The molecule has 1 heterocycles. The van der Waals surface area contributed by atoms with Crippen LogP contribution in [0.3, 0.4) is 0 Å². The second-order valence-corrected chi connectivity index (χ2v) is 7.44. The first kappa shape index (κ1) is 19.5. The van der Waals surface area contributed by atoms with E-state index in [2.05, 4.69) is 22.9 Å². The summed E-state index contributed by atoms with van der Waals surface area (Å²) < 4.78 is 11.0. The van der Waals surface area contributed by atoms with E-state index < -0.39 is 6.10 Å². The molecule has 1 N–H and O–H groups in total. The predicted octanol–water partition coefficient (Wildman–Crippen LogP) is 1.55. The van der Waals surface area contributed by atoms with Crippen LogP contribution in [0.25, 0.3) is 0 Å². The Hall–Kier alpha value is -0.790. The molecule has 0 radical (unpaired) electrons. The maximum Gasteiger partial charge on any atom is 0.123 e. The first-order valence-electron chi connectivity index (χ1n) is 8.55. The number of hydrogen-bond acceptors (Lipinski definition) is 6. The van der Waals surface area contributed by atoms with E-state index in [1.54, 1.807) is 7.11 Å². The number of rotatable bonds is 10. The average Bonchev–Trinajstić information content (AvgIpc) is 2.60. The van der Waals surface area contributed by atoms with Crippen LogP contribution in [0.4, 0.5) is 0 Å². The molecule has 0 aromatic heterocycles. The van der Waals surface area contributed by atoms with Gasteiger partial charge in [-0.1, -0.05) is 18.2 Å². The molecule has 0 bridgehead atoms. The normalized spacial score (nSPS) is 17.2. The minimum atomic E-state index is -0.452. The third-order valence-corrected chi connectivity index (χ3v) is 5.04. The van der Waals surface area contributed by atoms with Gasteiger partial charge in [-0.3, -0.25) is 9.80 Å². The molecule has 0 saturated carbocycles. The SMILES string of the molecule is COCCN(C)Cc1ccccc1OCC(O)CN1CCSCC1. The zero-order valence-corrected chi connectivity index (χ0v) is 15.6. The molecule has 1 saturated heterocycles. The maximum absolute atomic E-state index is 10.3. The van der Waals surface area contributed by atoms with E-state index in [0.717, 1.165) is 49.0 Å². The molecular formula is C18H30N2O3S. The molecule has 1 aliphatic heterocycles. The molecule has 1 aliphatic rings. The summed E-state index contributed by atoms with van der Waals surface area (Å²) >= 11 is 1.98. The van der Waals surface area contributed by atoms with Gasteiger partial charge >= 0.3 is 0 Å². The average molecular weight is 355 g/mol. The van der Waals surface area contributed by atoms with Crippen LogP contribution < -0.4 is 4.74 Å². The number of aliphatic hydroxyl groups is 1. The Morgan fingerprint density at radius 1 is 1.29 bits per heavy atom. The number of nitrogens with zero attached hydrogens (tertiary/aromatic N) is 2. The molecule has 0 spiro atoms. The van der Waals surface area contributed by atoms with Crippen LogP contribution in [0, 0.1) is 0 Å². The van der Waals surface area contributed by atoms with Crippen molar-refractivity contribution in [3.8, 4) is 5.75 Å². The lowest BCUT2D eigenvalue weighted by Gasteiger charge is -2.28. The number of β-amino-alcohol motifs (C(OH)–C–C–N with tert-alkyl or cyclic N) is 1. The zero-order valence-electron chi connectivity index (χ0n) is 14.8. The molecule has 0 aliphatic carbocycles.